The largest absolute Gasteiger partial charge is 0.472 e. The second-order valence-electron chi connectivity index (χ2n) is 5.29. The number of aliphatic hydroxyl groups is 1. The average molecular weight is 385 g/mol. The highest BCUT2D eigenvalue weighted by molar-refractivity contribution is 7.47. The quantitative estimate of drug-likeness (QED) is 0.563. The molecule has 0 saturated carbocycles. The fourth-order valence-electron chi connectivity index (χ4n) is 2.12. The van der Waals surface area contributed by atoms with Crippen LogP contribution in [0.5, 0.6) is 0 Å². The predicted molar refractivity (Wildman–Crippen MR) is 79.8 cm³/mol. The van der Waals surface area contributed by atoms with Gasteiger partial charge in [-0.1, -0.05) is 6.92 Å². The van der Waals surface area contributed by atoms with E-state index in [1.54, 1.807) is 6.92 Å². The van der Waals surface area contributed by atoms with Crippen LogP contribution in [-0.2, 0) is 18.3 Å². The SMILES string of the molecule is CCCOP(=O)(O)OCC1OC(n2ccc(N)nc2=O)C(F)(F)C1O. The van der Waals surface area contributed by atoms with E-state index < -0.39 is 44.5 Å². The van der Waals surface area contributed by atoms with Gasteiger partial charge in [0.2, 0.25) is 6.23 Å². The molecule has 4 unspecified atom stereocenters. The van der Waals surface area contributed by atoms with Gasteiger partial charge in [-0.3, -0.25) is 13.6 Å². The van der Waals surface area contributed by atoms with Crippen molar-refractivity contribution in [3.8, 4) is 0 Å². The predicted octanol–water partition coefficient (Wildman–Crippen LogP) is 0.263. The molecule has 0 aliphatic carbocycles. The molecule has 0 aromatic carbocycles. The van der Waals surface area contributed by atoms with Crippen molar-refractivity contribution in [1.82, 2.24) is 9.55 Å². The molecule has 0 radical (unpaired) electrons. The molecule has 4 atom stereocenters. The molecule has 1 aliphatic rings. The number of nitrogens with two attached hydrogens (primary N) is 1. The summed E-state index contributed by atoms with van der Waals surface area (Å²) in [5.41, 5.74) is 4.19. The lowest BCUT2D eigenvalue weighted by atomic mass is 10.1. The summed E-state index contributed by atoms with van der Waals surface area (Å²) in [5, 5.41) is 9.74. The highest BCUT2D eigenvalue weighted by Crippen LogP contribution is 2.46. The Labute approximate surface area is 140 Å². The van der Waals surface area contributed by atoms with E-state index in [1.807, 2.05) is 0 Å². The van der Waals surface area contributed by atoms with Crippen LogP contribution in [0.25, 0.3) is 0 Å². The Morgan fingerprint density at radius 3 is 2.80 bits per heavy atom. The molecule has 10 nitrogen and oxygen atoms in total. The summed E-state index contributed by atoms with van der Waals surface area (Å²) >= 11 is 0. The van der Waals surface area contributed by atoms with Crippen LogP contribution in [0.3, 0.4) is 0 Å². The fraction of sp³-hybridized carbons (Fsp3) is 0.667. The van der Waals surface area contributed by atoms with E-state index in [-0.39, 0.29) is 12.4 Å². The molecule has 2 heterocycles. The zero-order chi connectivity index (χ0) is 18.8. The Hall–Kier alpha value is -1.43. The minimum Gasteiger partial charge on any atom is -0.384 e. The van der Waals surface area contributed by atoms with Crippen LogP contribution in [0.4, 0.5) is 14.6 Å². The molecule has 1 aliphatic heterocycles. The number of hydrogen-bond donors (Lipinski definition) is 3. The number of aliphatic hydroxyl groups excluding tert-OH is 1. The van der Waals surface area contributed by atoms with Crippen LogP contribution >= 0.6 is 7.82 Å². The number of halogens is 2. The maximum absolute atomic E-state index is 14.2. The average Bonchev–Trinajstić information content (AvgIpc) is 2.75. The minimum atomic E-state index is -4.47. The molecule has 142 valence electrons. The number of alkyl halides is 2. The number of aromatic nitrogens is 2. The van der Waals surface area contributed by atoms with Crippen molar-refractivity contribution in [2.24, 2.45) is 0 Å². The maximum atomic E-state index is 14.2. The van der Waals surface area contributed by atoms with E-state index in [4.69, 9.17) is 10.5 Å². The lowest BCUT2D eigenvalue weighted by Gasteiger charge is -2.20. The third-order valence-electron chi connectivity index (χ3n) is 3.34. The molecule has 2 rings (SSSR count). The van der Waals surface area contributed by atoms with Crippen LogP contribution < -0.4 is 11.4 Å². The standard InChI is InChI=1S/C12H18F2N3O7P/c1-2-5-22-25(20,21)23-6-7-9(18)12(13,14)10(24-7)17-4-3-8(15)16-11(17)19/h3-4,7,9-10,18H,2,5-6H2,1H3,(H,20,21)(H2,15,16,19). The number of ether oxygens (including phenoxy) is 1. The van der Waals surface area contributed by atoms with E-state index in [1.165, 1.54) is 0 Å². The Bertz CT molecular complexity index is 716. The van der Waals surface area contributed by atoms with Gasteiger partial charge in [-0.25, -0.2) is 9.36 Å². The summed E-state index contributed by atoms with van der Waals surface area (Å²) < 4.78 is 54.6. The summed E-state index contributed by atoms with van der Waals surface area (Å²) in [6, 6.07) is 1.11. The molecule has 13 heteroatoms. The first-order chi connectivity index (χ1) is 11.6. The van der Waals surface area contributed by atoms with Crippen LogP contribution in [0.15, 0.2) is 17.1 Å². The molecule has 25 heavy (non-hydrogen) atoms. The second kappa shape index (κ2) is 7.44. The summed E-state index contributed by atoms with van der Waals surface area (Å²) in [4.78, 5) is 24.4. The third-order valence-corrected chi connectivity index (χ3v) is 4.33. The van der Waals surface area contributed by atoms with E-state index in [0.717, 1.165) is 12.3 Å². The van der Waals surface area contributed by atoms with Crippen molar-refractivity contribution < 1.29 is 37.1 Å². The van der Waals surface area contributed by atoms with Crippen molar-refractivity contribution in [3.05, 3.63) is 22.7 Å². The number of nitrogens with zero attached hydrogens (tertiary/aromatic N) is 2. The van der Waals surface area contributed by atoms with Crippen molar-refractivity contribution in [1.29, 1.82) is 0 Å². The molecule has 0 bridgehead atoms. The van der Waals surface area contributed by atoms with Gasteiger partial charge in [0.1, 0.15) is 11.9 Å². The van der Waals surface area contributed by atoms with Crippen molar-refractivity contribution in [2.45, 2.75) is 37.7 Å². The first kappa shape index (κ1) is 19.9. The highest BCUT2D eigenvalue weighted by atomic mass is 31.2. The van der Waals surface area contributed by atoms with Gasteiger partial charge >= 0.3 is 19.4 Å². The van der Waals surface area contributed by atoms with Gasteiger partial charge in [-0.15, -0.1) is 0 Å². The number of anilines is 1. The number of rotatable bonds is 7. The van der Waals surface area contributed by atoms with Gasteiger partial charge in [0, 0.05) is 6.20 Å². The Morgan fingerprint density at radius 2 is 2.20 bits per heavy atom. The molecule has 4 N–H and O–H groups in total. The first-order valence-corrected chi connectivity index (χ1v) is 8.76. The first-order valence-electron chi connectivity index (χ1n) is 7.26. The van der Waals surface area contributed by atoms with Crippen LogP contribution in [0.1, 0.15) is 19.6 Å². The summed E-state index contributed by atoms with van der Waals surface area (Å²) in [6.07, 6.45) is -4.85. The van der Waals surface area contributed by atoms with Crippen molar-refractivity contribution in [3.63, 3.8) is 0 Å². The van der Waals surface area contributed by atoms with Crippen molar-refractivity contribution >= 4 is 13.6 Å². The summed E-state index contributed by atoms with van der Waals surface area (Å²) in [6.45, 7) is 0.766. The molecule has 0 amide bonds. The lowest BCUT2D eigenvalue weighted by Crippen LogP contribution is -2.41. The van der Waals surface area contributed by atoms with Gasteiger partial charge in [0.15, 0.2) is 6.10 Å². The molecule has 1 saturated heterocycles. The number of hydrogen-bond acceptors (Lipinski definition) is 8. The topological polar surface area (TPSA) is 146 Å². The molecule has 1 aromatic rings. The maximum Gasteiger partial charge on any atom is 0.472 e. The Balaban J connectivity index is 2.13. The Morgan fingerprint density at radius 1 is 1.52 bits per heavy atom. The monoisotopic (exact) mass is 385 g/mol. The van der Waals surface area contributed by atoms with E-state index in [0.29, 0.717) is 11.0 Å². The smallest absolute Gasteiger partial charge is 0.384 e. The van der Waals surface area contributed by atoms with Gasteiger partial charge in [0.05, 0.1) is 13.2 Å². The number of phosphoric acid groups is 1. The normalized spacial score (nSPS) is 28.0. The fourth-order valence-corrected chi connectivity index (χ4v) is 2.95. The van der Waals surface area contributed by atoms with E-state index >= 15 is 0 Å². The molecular formula is C12H18F2N3O7P. The van der Waals surface area contributed by atoms with Crippen LogP contribution in [-0.4, -0.2) is 50.9 Å². The Kier molecular flexibility index (Phi) is 5.92. The van der Waals surface area contributed by atoms with Crippen LogP contribution in [0.2, 0.25) is 0 Å². The van der Waals surface area contributed by atoms with Crippen molar-refractivity contribution in [2.75, 3.05) is 18.9 Å². The zero-order valence-electron chi connectivity index (χ0n) is 13.1. The third kappa shape index (κ3) is 4.40. The van der Waals surface area contributed by atoms with E-state index in [2.05, 4.69) is 14.0 Å². The number of nitrogen functional groups attached to an aromatic ring is 1. The minimum absolute atomic E-state index is 0.0762. The molecule has 0 spiro atoms. The van der Waals surface area contributed by atoms with Gasteiger partial charge in [-0.2, -0.15) is 13.8 Å². The van der Waals surface area contributed by atoms with Gasteiger partial charge in [0.25, 0.3) is 0 Å². The number of phosphoric ester groups is 1. The molecular weight excluding hydrogens is 367 g/mol. The summed E-state index contributed by atoms with van der Waals surface area (Å²) in [5.74, 6) is -4.04. The molecule has 1 aromatic heterocycles. The molecule has 1 fully saturated rings. The van der Waals surface area contributed by atoms with Crippen LogP contribution in [0, 0.1) is 0 Å². The lowest BCUT2D eigenvalue weighted by molar-refractivity contribution is -0.140. The zero-order valence-corrected chi connectivity index (χ0v) is 14.0. The second-order valence-corrected chi connectivity index (χ2v) is 6.74. The summed E-state index contributed by atoms with van der Waals surface area (Å²) in [7, 11) is -4.47. The highest BCUT2D eigenvalue weighted by Gasteiger charge is 2.60. The van der Waals surface area contributed by atoms with E-state index in [9.17, 15) is 28.1 Å². The van der Waals surface area contributed by atoms with Gasteiger partial charge in [-0.05, 0) is 12.5 Å². The van der Waals surface area contributed by atoms with Gasteiger partial charge < -0.3 is 20.5 Å².